The Morgan fingerprint density at radius 3 is 2.49 bits per heavy atom. The molecule has 0 atom stereocenters. The number of carbonyl (C=O) groups is 1. The van der Waals surface area contributed by atoms with Crippen molar-refractivity contribution in [1.29, 1.82) is 0 Å². The van der Waals surface area contributed by atoms with E-state index in [1.54, 1.807) is 24.1 Å². The lowest BCUT2D eigenvalue weighted by atomic mass is 10.1. The molecule has 1 heterocycles. The molecule has 3 aromatic carbocycles. The first-order valence-electron chi connectivity index (χ1n) is 11.5. The van der Waals surface area contributed by atoms with Gasteiger partial charge in [0.2, 0.25) is 0 Å². The SMILES string of the molecule is COc1cc(/C=C2\SC(=Nc3ccc(Cl)cc3)N(CC(C)C)C2=O)c(Br)cc1OCc1ccccc1Cl. The second-order valence-electron chi connectivity index (χ2n) is 8.70. The summed E-state index contributed by atoms with van der Waals surface area (Å²) in [5, 5.41) is 1.91. The van der Waals surface area contributed by atoms with Crippen molar-refractivity contribution in [2.45, 2.75) is 20.5 Å². The van der Waals surface area contributed by atoms with E-state index < -0.39 is 0 Å². The standard InChI is InChI=1S/C28H25BrCl2N2O3S/c1-17(2)15-33-27(34)26(37-28(33)32-21-10-8-20(30)9-11-21)13-19-12-24(35-3)25(14-22(19)29)36-16-18-6-4-5-7-23(18)31/h4-14,17H,15-16H2,1-3H3/b26-13-,32-28?. The number of methoxy groups -OCH3 is 1. The number of halogens is 3. The second kappa shape index (κ2) is 12.4. The minimum Gasteiger partial charge on any atom is -0.493 e. The van der Waals surface area contributed by atoms with Crippen LogP contribution in [0.25, 0.3) is 6.08 Å². The van der Waals surface area contributed by atoms with Crippen molar-refractivity contribution in [3.8, 4) is 11.5 Å². The van der Waals surface area contributed by atoms with Gasteiger partial charge < -0.3 is 9.47 Å². The van der Waals surface area contributed by atoms with E-state index in [2.05, 4.69) is 29.8 Å². The third-order valence-corrected chi connectivity index (χ3v) is 7.71. The van der Waals surface area contributed by atoms with Gasteiger partial charge in [0.05, 0.1) is 17.7 Å². The van der Waals surface area contributed by atoms with E-state index in [0.29, 0.717) is 44.8 Å². The van der Waals surface area contributed by atoms with E-state index in [-0.39, 0.29) is 11.8 Å². The molecule has 0 spiro atoms. The molecule has 1 aliphatic heterocycles. The van der Waals surface area contributed by atoms with Gasteiger partial charge in [0.1, 0.15) is 6.61 Å². The predicted octanol–water partition coefficient (Wildman–Crippen LogP) is 8.60. The van der Waals surface area contributed by atoms with Crippen LogP contribution in [0.4, 0.5) is 5.69 Å². The minimum absolute atomic E-state index is 0.0867. The summed E-state index contributed by atoms with van der Waals surface area (Å²) in [6.07, 6.45) is 1.84. The zero-order valence-electron chi connectivity index (χ0n) is 20.5. The first-order chi connectivity index (χ1) is 17.7. The largest absolute Gasteiger partial charge is 0.493 e. The number of carbonyl (C=O) groups excluding carboxylic acids is 1. The quantitative estimate of drug-likeness (QED) is 0.237. The van der Waals surface area contributed by atoms with Crippen molar-refractivity contribution in [3.63, 3.8) is 0 Å². The molecule has 0 aromatic heterocycles. The smallest absolute Gasteiger partial charge is 0.266 e. The molecular formula is C28H25BrCl2N2O3S. The van der Waals surface area contributed by atoms with Crippen molar-refractivity contribution >= 4 is 73.7 Å². The molecule has 0 aliphatic carbocycles. The zero-order chi connectivity index (χ0) is 26.5. The van der Waals surface area contributed by atoms with Gasteiger partial charge in [0, 0.05) is 26.6 Å². The lowest BCUT2D eigenvalue weighted by Gasteiger charge is -2.17. The normalized spacial score (nSPS) is 15.8. The highest BCUT2D eigenvalue weighted by Gasteiger charge is 2.34. The Morgan fingerprint density at radius 2 is 1.81 bits per heavy atom. The highest BCUT2D eigenvalue weighted by atomic mass is 79.9. The van der Waals surface area contributed by atoms with Crippen LogP contribution in [-0.2, 0) is 11.4 Å². The molecule has 0 radical (unpaired) electrons. The molecule has 37 heavy (non-hydrogen) atoms. The molecular weight excluding hydrogens is 595 g/mol. The minimum atomic E-state index is -0.0867. The number of hydrogen-bond acceptors (Lipinski definition) is 5. The van der Waals surface area contributed by atoms with Gasteiger partial charge in [-0.25, -0.2) is 4.99 Å². The number of nitrogens with zero attached hydrogens (tertiary/aromatic N) is 2. The number of amides is 1. The molecule has 0 N–H and O–H groups in total. The van der Waals surface area contributed by atoms with Crippen LogP contribution in [0.1, 0.15) is 25.0 Å². The van der Waals surface area contributed by atoms with Crippen molar-refractivity contribution < 1.29 is 14.3 Å². The van der Waals surface area contributed by atoms with E-state index in [9.17, 15) is 4.79 Å². The van der Waals surface area contributed by atoms with Crippen LogP contribution < -0.4 is 9.47 Å². The van der Waals surface area contributed by atoms with E-state index >= 15 is 0 Å². The van der Waals surface area contributed by atoms with Crippen LogP contribution in [-0.4, -0.2) is 29.6 Å². The van der Waals surface area contributed by atoms with Crippen LogP contribution in [0.5, 0.6) is 11.5 Å². The Labute approximate surface area is 239 Å². The van der Waals surface area contributed by atoms with E-state index in [1.807, 2.05) is 54.6 Å². The Kier molecular flexibility index (Phi) is 9.24. The van der Waals surface area contributed by atoms with E-state index in [4.69, 9.17) is 37.7 Å². The van der Waals surface area contributed by atoms with Crippen molar-refractivity contribution in [1.82, 2.24) is 4.90 Å². The summed E-state index contributed by atoms with van der Waals surface area (Å²) in [5.74, 6) is 1.30. The van der Waals surface area contributed by atoms with Crippen LogP contribution >= 0.6 is 50.9 Å². The lowest BCUT2D eigenvalue weighted by Crippen LogP contribution is -2.32. The molecule has 1 fully saturated rings. The summed E-state index contributed by atoms with van der Waals surface area (Å²) >= 11 is 17.2. The molecule has 192 valence electrons. The van der Waals surface area contributed by atoms with Gasteiger partial charge in [-0.15, -0.1) is 0 Å². The molecule has 9 heteroatoms. The van der Waals surface area contributed by atoms with Crippen LogP contribution in [0.3, 0.4) is 0 Å². The second-order valence-corrected chi connectivity index (χ2v) is 11.4. The summed E-state index contributed by atoms with van der Waals surface area (Å²) in [4.78, 5) is 20.4. The fourth-order valence-corrected chi connectivity index (χ4v) is 5.34. The van der Waals surface area contributed by atoms with Gasteiger partial charge in [-0.05, 0) is 71.8 Å². The third-order valence-electron chi connectivity index (χ3n) is 5.40. The number of ether oxygens (including phenoxy) is 2. The Bertz CT molecular complexity index is 1360. The Hall–Kier alpha value is -2.45. The maximum atomic E-state index is 13.4. The fourth-order valence-electron chi connectivity index (χ4n) is 3.59. The summed E-state index contributed by atoms with van der Waals surface area (Å²) in [7, 11) is 1.58. The molecule has 1 saturated heterocycles. The predicted molar refractivity (Wildman–Crippen MR) is 157 cm³/mol. The molecule has 0 bridgehead atoms. The molecule has 0 saturated carbocycles. The van der Waals surface area contributed by atoms with Crippen LogP contribution in [0.15, 0.2) is 75.0 Å². The Morgan fingerprint density at radius 1 is 1.08 bits per heavy atom. The number of benzene rings is 3. The third kappa shape index (κ3) is 6.90. The summed E-state index contributed by atoms with van der Waals surface area (Å²) < 4.78 is 12.4. The molecule has 1 amide bonds. The molecule has 4 rings (SSSR count). The van der Waals surface area contributed by atoms with Gasteiger partial charge in [-0.2, -0.15) is 0 Å². The Balaban J connectivity index is 1.62. The average Bonchev–Trinajstić information content (AvgIpc) is 3.14. The monoisotopic (exact) mass is 618 g/mol. The van der Waals surface area contributed by atoms with Gasteiger partial charge in [-0.3, -0.25) is 9.69 Å². The number of hydrogen-bond donors (Lipinski definition) is 0. The number of rotatable bonds is 8. The van der Waals surface area contributed by atoms with Crippen molar-refractivity contribution in [2.75, 3.05) is 13.7 Å². The molecule has 0 unspecified atom stereocenters. The summed E-state index contributed by atoms with van der Waals surface area (Å²) in [6.45, 7) is 5.01. The number of aliphatic imine (C=N–C) groups is 1. The van der Waals surface area contributed by atoms with Gasteiger partial charge in [0.15, 0.2) is 16.7 Å². The van der Waals surface area contributed by atoms with Crippen molar-refractivity contribution in [3.05, 3.63) is 91.2 Å². The topological polar surface area (TPSA) is 51.1 Å². The first-order valence-corrected chi connectivity index (χ1v) is 13.9. The molecule has 1 aliphatic rings. The first kappa shape index (κ1) is 27.6. The number of amidine groups is 1. The summed E-state index contributed by atoms with van der Waals surface area (Å²) in [5.41, 5.74) is 2.40. The lowest BCUT2D eigenvalue weighted by molar-refractivity contribution is -0.122. The maximum Gasteiger partial charge on any atom is 0.266 e. The van der Waals surface area contributed by atoms with Crippen LogP contribution in [0.2, 0.25) is 10.0 Å². The highest BCUT2D eigenvalue weighted by molar-refractivity contribution is 9.10. The van der Waals surface area contributed by atoms with Gasteiger partial charge >= 0.3 is 0 Å². The van der Waals surface area contributed by atoms with E-state index in [0.717, 1.165) is 21.3 Å². The van der Waals surface area contributed by atoms with Crippen molar-refractivity contribution in [2.24, 2.45) is 10.9 Å². The summed E-state index contributed by atoms with van der Waals surface area (Å²) in [6, 6.07) is 18.4. The van der Waals surface area contributed by atoms with Gasteiger partial charge in [-0.1, -0.05) is 71.2 Å². The van der Waals surface area contributed by atoms with Gasteiger partial charge in [0.25, 0.3) is 5.91 Å². The maximum absolute atomic E-state index is 13.4. The van der Waals surface area contributed by atoms with Crippen LogP contribution in [0, 0.1) is 5.92 Å². The molecule has 3 aromatic rings. The zero-order valence-corrected chi connectivity index (χ0v) is 24.4. The fraction of sp³-hybridized carbons (Fsp3) is 0.214. The molecule has 5 nitrogen and oxygen atoms in total. The number of thioether (sulfide) groups is 1. The van der Waals surface area contributed by atoms with E-state index in [1.165, 1.54) is 11.8 Å². The average molecular weight is 620 g/mol. The highest BCUT2D eigenvalue weighted by Crippen LogP contribution is 2.39.